The quantitative estimate of drug-likeness (QED) is 0.0277. The van der Waals surface area contributed by atoms with Gasteiger partial charge in [-0.2, -0.15) is 0 Å². The van der Waals surface area contributed by atoms with Crippen molar-refractivity contribution in [2.75, 3.05) is 19.8 Å². The lowest BCUT2D eigenvalue weighted by Gasteiger charge is -2.39. The first-order chi connectivity index (χ1) is 25.8. The van der Waals surface area contributed by atoms with E-state index in [0.29, 0.717) is 6.42 Å². The van der Waals surface area contributed by atoms with Gasteiger partial charge in [0.2, 0.25) is 0 Å². The monoisotopic (exact) mass is 757 g/mol. The molecule has 4 N–H and O–H groups in total. The van der Waals surface area contributed by atoms with Crippen LogP contribution in [0.2, 0.25) is 0 Å². The summed E-state index contributed by atoms with van der Waals surface area (Å²) in [5.41, 5.74) is 0. The molecule has 6 unspecified atom stereocenters. The molecule has 1 aliphatic heterocycles. The molecule has 0 aromatic rings. The lowest BCUT2D eigenvalue weighted by atomic mass is 9.99. The van der Waals surface area contributed by atoms with Crippen LogP contribution in [0.1, 0.15) is 194 Å². The highest BCUT2D eigenvalue weighted by molar-refractivity contribution is 5.70. The molecule has 10 nitrogen and oxygen atoms in total. The van der Waals surface area contributed by atoms with Crippen molar-refractivity contribution in [3.63, 3.8) is 0 Å². The Kier molecular flexibility index (Phi) is 32.6. The molecule has 1 aliphatic rings. The van der Waals surface area contributed by atoms with Crippen LogP contribution in [-0.2, 0) is 28.5 Å². The average molecular weight is 757 g/mol. The second-order valence-corrected chi connectivity index (χ2v) is 15.2. The molecule has 53 heavy (non-hydrogen) atoms. The van der Waals surface area contributed by atoms with E-state index in [9.17, 15) is 30.0 Å². The number of rotatable bonds is 36. The van der Waals surface area contributed by atoms with Gasteiger partial charge in [0.1, 0.15) is 31.0 Å². The summed E-state index contributed by atoms with van der Waals surface area (Å²) in [7, 11) is 0. The van der Waals surface area contributed by atoms with Crippen molar-refractivity contribution in [1.82, 2.24) is 0 Å². The first-order valence-electron chi connectivity index (χ1n) is 21.8. The van der Waals surface area contributed by atoms with Gasteiger partial charge < -0.3 is 39.4 Å². The van der Waals surface area contributed by atoms with Gasteiger partial charge in [-0.15, -0.1) is 0 Å². The number of aliphatic hydroxyl groups is 4. The molecule has 312 valence electrons. The minimum atomic E-state index is -1.59. The molecular formula is C43H80O10. The molecular weight excluding hydrogens is 676 g/mol. The lowest BCUT2D eigenvalue weighted by molar-refractivity contribution is -0.305. The summed E-state index contributed by atoms with van der Waals surface area (Å²) in [6, 6.07) is 0. The third kappa shape index (κ3) is 26.8. The van der Waals surface area contributed by atoms with E-state index in [0.717, 1.165) is 51.4 Å². The smallest absolute Gasteiger partial charge is 0.306 e. The number of hydrogen-bond acceptors (Lipinski definition) is 10. The van der Waals surface area contributed by atoms with Crippen LogP contribution < -0.4 is 0 Å². The third-order valence-corrected chi connectivity index (χ3v) is 10.2. The van der Waals surface area contributed by atoms with Crippen LogP contribution in [0.4, 0.5) is 0 Å². The van der Waals surface area contributed by atoms with Crippen molar-refractivity contribution >= 4 is 11.9 Å². The number of carbonyl (C=O) groups excluding carboxylic acids is 2. The predicted molar refractivity (Wildman–Crippen MR) is 210 cm³/mol. The van der Waals surface area contributed by atoms with E-state index in [1.54, 1.807) is 0 Å². The molecule has 0 bridgehead atoms. The molecule has 6 atom stereocenters. The lowest BCUT2D eigenvalue weighted by Crippen LogP contribution is -2.59. The Morgan fingerprint density at radius 1 is 0.566 bits per heavy atom. The van der Waals surface area contributed by atoms with Crippen LogP contribution in [0.3, 0.4) is 0 Å². The van der Waals surface area contributed by atoms with Gasteiger partial charge in [-0.3, -0.25) is 9.59 Å². The van der Waals surface area contributed by atoms with Gasteiger partial charge in [0.15, 0.2) is 12.4 Å². The fraction of sp³-hybridized carbons (Fsp3) is 0.907. The van der Waals surface area contributed by atoms with Gasteiger partial charge in [0.25, 0.3) is 0 Å². The molecule has 0 aliphatic carbocycles. The Balaban J connectivity index is 2.34. The molecule has 1 rings (SSSR count). The highest BCUT2D eigenvalue weighted by Crippen LogP contribution is 2.23. The van der Waals surface area contributed by atoms with Gasteiger partial charge in [-0.05, 0) is 38.5 Å². The van der Waals surface area contributed by atoms with Crippen molar-refractivity contribution in [3.8, 4) is 0 Å². The molecule has 0 spiro atoms. The van der Waals surface area contributed by atoms with E-state index in [2.05, 4.69) is 26.0 Å². The van der Waals surface area contributed by atoms with Crippen LogP contribution in [0.15, 0.2) is 12.2 Å². The van der Waals surface area contributed by atoms with Crippen LogP contribution in [-0.4, -0.2) is 89.0 Å². The number of allylic oxidation sites excluding steroid dienone is 2. The first kappa shape index (κ1) is 49.5. The van der Waals surface area contributed by atoms with E-state index < -0.39 is 49.4 Å². The summed E-state index contributed by atoms with van der Waals surface area (Å²) >= 11 is 0. The molecule has 0 aromatic carbocycles. The fourth-order valence-electron chi connectivity index (χ4n) is 6.65. The number of aliphatic hydroxyl groups excluding tert-OH is 4. The number of carbonyl (C=O) groups is 2. The molecule has 1 saturated heterocycles. The minimum Gasteiger partial charge on any atom is -0.462 e. The Hall–Kier alpha value is -1.56. The van der Waals surface area contributed by atoms with Crippen molar-refractivity contribution < 1.29 is 49.0 Å². The third-order valence-electron chi connectivity index (χ3n) is 10.2. The van der Waals surface area contributed by atoms with E-state index >= 15 is 0 Å². The van der Waals surface area contributed by atoms with Crippen molar-refractivity contribution in [1.29, 1.82) is 0 Å². The zero-order valence-electron chi connectivity index (χ0n) is 33.8. The van der Waals surface area contributed by atoms with E-state index in [4.69, 9.17) is 18.9 Å². The van der Waals surface area contributed by atoms with Crippen LogP contribution in [0, 0.1) is 0 Å². The maximum Gasteiger partial charge on any atom is 0.306 e. The summed E-state index contributed by atoms with van der Waals surface area (Å²) in [4.78, 5) is 25.2. The zero-order chi connectivity index (χ0) is 38.8. The second-order valence-electron chi connectivity index (χ2n) is 15.2. The van der Waals surface area contributed by atoms with Crippen molar-refractivity contribution in [2.24, 2.45) is 0 Å². The van der Waals surface area contributed by atoms with E-state index in [1.807, 2.05) is 0 Å². The predicted octanol–water partition coefficient (Wildman–Crippen LogP) is 8.78. The number of unbranched alkanes of at least 4 members (excludes halogenated alkanes) is 23. The topological polar surface area (TPSA) is 152 Å². The van der Waals surface area contributed by atoms with Crippen LogP contribution in [0.25, 0.3) is 0 Å². The fourth-order valence-corrected chi connectivity index (χ4v) is 6.65. The molecule has 1 fully saturated rings. The highest BCUT2D eigenvalue weighted by atomic mass is 16.7. The molecule has 0 radical (unpaired) electrons. The molecule has 10 heteroatoms. The molecule has 1 heterocycles. The van der Waals surface area contributed by atoms with Crippen molar-refractivity contribution in [2.45, 2.75) is 230 Å². The second kappa shape index (κ2) is 34.9. The normalized spacial score (nSPS) is 20.9. The maximum atomic E-state index is 12.7. The summed E-state index contributed by atoms with van der Waals surface area (Å²) in [5.74, 6) is -0.809. The highest BCUT2D eigenvalue weighted by Gasteiger charge is 2.44. The largest absolute Gasteiger partial charge is 0.462 e. The first-order valence-corrected chi connectivity index (χ1v) is 21.8. The minimum absolute atomic E-state index is 0.216. The SMILES string of the molecule is CCCCCCCCC/C=C\CCCCCCCC(=O)OC(COC(=O)CCCCCCCCCCCCCC)COC1OC(CO)C(O)C(O)C1O. The number of hydrogen-bond donors (Lipinski definition) is 4. The molecule has 0 saturated carbocycles. The Bertz CT molecular complexity index is 881. The summed E-state index contributed by atoms with van der Waals surface area (Å²) in [5, 5.41) is 40.0. The van der Waals surface area contributed by atoms with Crippen molar-refractivity contribution in [3.05, 3.63) is 12.2 Å². The summed E-state index contributed by atoms with van der Waals surface area (Å²) in [6.45, 7) is 3.41. The Labute approximate surface area is 322 Å². The zero-order valence-corrected chi connectivity index (χ0v) is 33.8. The van der Waals surface area contributed by atoms with E-state index in [-0.39, 0.29) is 32.0 Å². The summed E-state index contributed by atoms with van der Waals surface area (Å²) < 4.78 is 22.1. The standard InChI is InChI=1S/C43H80O10/c1-3-5-7-9-11-13-15-17-18-19-20-22-24-26-28-30-32-39(46)52-36(35-51-43-42(49)41(48)40(47)37(33-44)53-43)34-50-38(45)31-29-27-25-23-21-16-14-12-10-8-6-4-2/h18-19,36-37,40-44,47-49H,3-17,20-35H2,1-2H3/b19-18-. The van der Waals surface area contributed by atoms with Gasteiger partial charge in [-0.1, -0.05) is 154 Å². The Morgan fingerprint density at radius 3 is 1.47 bits per heavy atom. The van der Waals surface area contributed by atoms with Gasteiger partial charge in [0.05, 0.1) is 13.2 Å². The Morgan fingerprint density at radius 2 is 1.00 bits per heavy atom. The van der Waals surface area contributed by atoms with Crippen LogP contribution in [0.5, 0.6) is 0 Å². The van der Waals surface area contributed by atoms with Gasteiger partial charge in [-0.25, -0.2) is 0 Å². The summed E-state index contributed by atoms with van der Waals surface area (Å²) in [6.07, 6.45) is 27.9. The molecule has 0 amide bonds. The van der Waals surface area contributed by atoms with E-state index in [1.165, 1.54) is 109 Å². The van der Waals surface area contributed by atoms with Gasteiger partial charge in [0, 0.05) is 12.8 Å². The maximum absolute atomic E-state index is 12.7. The number of ether oxygens (including phenoxy) is 4. The number of esters is 2. The average Bonchev–Trinajstić information content (AvgIpc) is 3.15. The molecule has 0 aromatic heterocycles. The van der Waals surface area contributed by atoms with Gasteiger partial charge >= 0.3 is 11.9 Å². The van der Waals surface area contributed by atoms with Crippen LogP contribution >= 0.6 is 0 Å².